The second-order valence-electron chi connectivity index (χ2n) is 10.1. The molecular weight excluding hydrogens is 558 g/mol. The van der Waals surface area contributed by atoms with E-state index in [1.54, 1.807) is 67.3 Å². The topological polar surface area (TPSA) is 100.0 Å². The Kier molecular flexibility index (Phi) is 7.92. The SMILES string of the molecule is COc1ccc(-c2nc3ccccc3c(=O)n2C/C=C/c2ccc(C(=O)CN3C(=O)COc4ccccc43)cc2)c(OC)c1. The van der Waals surface area contributed by atoms with Crippen molar-refractivity contribution in [2.75, 3.05) is 32.3 Å². The minimum absolute atomic E-state index is 0.0795. The fraction of sp³-hybridized carbons (Fsp3) is 0.143. The molecule has 2 heterocycles. The number of allylic oxidation sites excluding steroid dienone is 1. The number of rotatable bonds is 9. The lowest BCUT2D eigenvalue weighted by molar-refractivity contribution is -0.121. The quantitative estimate of drug-likeness (QED) is 0.213. The number of nitrogens with zero attached hydrogens (tertiary/aromatic N) is 3. The average Bonchev–Trinajstić information content (AvgIpc) is 3.07. The van der Waals surface area contributed by atoms with E-state index in [0.29, 0.717) is 50.8 Å². The van der Waals surface area contributed by atoms with Gasteiger partial charge in [0.25, 0.3) is 11.5 Å². The molecule has 0 saturated carbocycles. The van der Waals surface area contributed by atoms with Gasteiger partial charge in [-0.2, -0.15) is 0 Å². The van der Waals surface area contributed by atoms with Gasteiger partial charge in [-0.1, -0.05) is 60.7 Å². The maximum atomic E-state index is 13.6. The number of fused-ring (bicyclic) bond motifs is 2. The molecule has 9 nitrogen and oxygen atoms in total. The fourth-order valence-electron chi connectivity index (χ4n) is 5.16. The van der Waals surface area contributed by atoms with Crippen LogP contribution in [0.4, 0.5) is 5.69 Å². The zero-order valence-electron chi connectivity index (χ0n) is 24.2. The number of ether oxygens (including phenoxy) is 3. The number of hydrogen-bond donors (Lipinski definition) is 0. The molecule has 0 radical (unpaired) electrons. The van der Waals surface area contributed by atoms with Gasteiger partial charge in [-0.25, -0.2) is 4.98 Å². The molecule has 1 aliphatic rings. The number of benzene rings is 4. The highest BCUT2D eigenvalue weighted by molar-refractivity contribution is 6.07. The van der Waals surface area contributed by atoms with Crippen molar-refractivity contribution in [1.82, 2.24) is 9.55 Å². The Morgan fingerprint density at radius 1 is 0.932 bits per heavy atom. The van der Waals surface area contributed by atoms with Gasteiger partial charge in [0, 0.05) is 18.2 Å². The van der Waals surface area contributed by atoms with Crippen molar-refractivity contribution in [3.63, 3.8) is 0 Å². The van der Waals surface area contributed by atoms with E-state index in [1.165, 1.54) is 4.90 Å². The van der Waals surface area contributed by atoms with E-state index in [-0.39, 0.29) is 36.9 Å². The third kappa shape index (κ3) is 5.55. The molecule has 220 valence electrons. The summed E-state index contributed by atoms with van der Waals surface area (Å²) in [6.45, 7) is 0.0705. The molecule has 0 saturated heterocycles. The number of anilines is 1. The summed E-state index contributed by atoms with van der Waals surface area (Å²) < 4.78 is 18.0. The van der Waals surface area contributed by atoms with Crippen LogP contribution in [-0.4, -0.2) is 48.6 Å². The Bertz CT molecular complexity index is 1960. The molecule has 0 N–H and O–H groups in total. The smallest absolute Gasteiger partial charge is 0.265 e. The molecular formula is C35H29N3O6. The molecule has 0 atom stereocenters. The third-order valence-electron chi connectivity index (χ3n) is 7.45. The predicted octanol–water partition coefficient (Wildman–Crippen LogP) is 5.40. The van der Waals surface area contributed by atoms with Gasteiger partial charge in [-0.3, -0.25) is 23.9 Å². The first-order chi connectivity index (χ1) is 21.5. The summed E-state index contributed by atoms with van der Waals surface area (Å²) >= 11 is 0. The number of carbonyl (C=O) groups excluding carboxylic acids is 2. The number of methoxy groups -OCH3 is 2. The van der Waals surface area contributed by atoms with E-state index in [4.69, 9.17) is 19.2 Å². The summed E-state index contributed by atoms with van der Waals surface area (Å²) in [6.07, 6.45) is 3.75. The van der Waals surface area contributed by atoms with Crippen LogP contribution in [0, 0.1) is 0 Å². The molecule has 44 heavy (non-hydrogen) atoms. The average molecular weight is 588 g/mol. The van der Waals surface area contributed by atoms with E-state index in [1.807, 2.05) is 54.6 Å². The van der Waals surface area contributed by atoms with Gasteiger partial charge < -0.3 is 14.2 Å². The number of para-hydroxylation sites is 3. The Morgan fingerprint density at radius 2 is 1.70 bits per heavy atom. The van der Waals surface area contributed by atoms with E-state index in [2.05, 4.69) is 0 Å². The number of amides is 1. The second-order valence-corrected chi connectivity index (χ2v) is 10.1. The van der Waals surface area contributed by atoms with Crippen molar-refractivity contribution in [3.8, 4) is 28.6 Å². The van der Waals surface area contributed by atoms with E-state index in [9.17, 15) is 14.4 Å². The molecule has 0 unspecified atom stereocenters. The molecule has 0 aliphatic carbocycles. The number of hydrogen-bond acceptors (Lipinski definition) is 7. The van der Waals surface area contributed by atoms with Crippen LogP contribution in [0.3, 0.4) is 0 Å². The largest absolute Gasteiger partial charge is 0.497 e. The highest BCUT2D eigenvalue weighted by Gasteiger charge is 2.27. The lowest BCUT2D eigenvalue weighted by Crippen LogP contribution is -2.41. The molecule has 1 aromatic heterocycles. The van der Waals surface area contributed by atoms with Crippen LogP contribution in [-0.2, 0) is 11.3 Å². The van der Waals surface area contributed by atoms with Crippen LogP contribution >= 0.6 is 0 Å². The van der Waals surface area contributed by atoms with Crippen molar-refractivity contribution in [1.29, 1.82) is 0 Å². The molecule has 0 spiro atoms. The molecule has 1 amide bonds. The van der Waals surface area contributed by atoms with Crippen LogP contribution in [0.2, 0.25) is 0 Å². The first kappa shape index (κ1) is 28.4. The first-order valence-electron chi connectivity index (χ1n) is 14.0. The zero-order valence-corrected chi connectivity index (χ0v) is 24.2. The number of Topliss-reactive ketones (excluding diaryl/α,β-unsaturated/α-hetero) is 1. The lowest BCUT2D eigenvalue weighted by Gasteiger charge is -2.28. The van der Waals surface area contributed by atoms with Crippen molar-refractivity contribution in [2.24, 2.45) is 0 Å². The predicted molar refractivity (Wildman–Crippen MR) is 169 cm³/mol. The first-order valence-corrected chi connectivity index (χ1v) is 14.0. The van der Waals surface area contributed by atoms with Gasteiger partial charge in [0.2, 0.25) is 0 Å². The number of aromatic nitrogens is 2. The Balaban J connectivity index is 1.24. The normalized spacial score (nSPS) is 12.7. The molecule has 4 aromatic carbocycles. The van der Waals surface area contributed by atoms with E-state index < -0.39 is 0 Å². The van der Waals surface area contributed by atoms with Crippen molar-refractivity contribution in [3.05, 3.63) is 119 Å². The Labute approximate surface area is 253 Å². The highest BCUT2D eigenvalue weighted by Crippen LogP contribution is 2.33. The minimum Gasteiger partial charge on any atom is -0.497 e. The number of ketones is 1. The maximum absolute atomic E-state index is 13.6. The van der Waals surface area contributed by atoms with Gasteiger partial charge >= 0.3 is 0 Å². The molecule has 0 bridgehead atoms. The summed E-state index contributed by atoms with van der Waals surface area (Å²) in [5.41, 5.74) is 3.00. The van der Waals surface area contributed by atoms with Crippen LogP contribution in [0.25, 0.3) is 28.4 Å². The van der Waals surface area contributed by atoms with E-state index >= 15 is 0 Å². The van der Waals surface area contributed by atoms with Crippen LogP contribution in [0.5, 0.6) is 17.2 Å². The van der Waals surface area contributed by atoms with Crippen molar-refractivity contribution >= 4 is 34.4 Å². The van der Waals surface area contributed by atoms with Gasteiger partial charge in [-0.15, -0.1) is 0 Å². The van der Waals surface area contributed by atoms with Gasteiger partial charge in [0.15, 0.2) is 12.4 Å². The Morgan fingerprint density at radius 3 is 2.50 bits per heavy atom. The van der Waals surface area contributed by atoms with Crippen LogP contribution in [0.15, 0.2) is 102 Å². The molecule has 5 aromatic rings. The molecule has 0 fully saturated rings. The molecule has 9 heteroatoms. The van der Waals surface area contributed by atoms with Gasteiger partial charge in [-0.05, 0) is 42.0 Å². The Hall–Kier alpha value is -5.70. The van der Waals surface area contributed by atoms with Crippen LogP contribution < -0.4 is 24.7 Å². The third-order valence-corrected chi connectivity index (χ3v) is 7.45. The summed E-state index contributed by atoms with van der Waals surface area (Å²) in [5, 5.41) is 0.515. The molecule has 1 aliphatic heterocycles. The lowest BCUT2D eigenvalue weighted by atomic mass is 10.1. The van der Waals surface area contributed by atoms with Gasteiger partial charge in [0.05, 0.1) is 42.9 Å². The molecule has 6 rings (SSSR count). The maximum Gasteiger partial charge on any atom is 0.265 e. The fourth-order valence-corrected chi connectivity index (χ4v) is 5.16. The zero-order chi connectivity index (χ0) is 30.6. The summed E-state index contributed by atoms with van der Waals surface area (Å²) in [7, 11) is 3.14. The van der Waals surface area contributed by atoms with Crippen molar-refractivity contribution < 1.29 is 23.8 Å². The monoisotopic (exact) mass is 587 g/mol. The summed E-state index contributed by atoms with van der Waals surface area (Å²) in [5.74, 6) is 1.77. The van der Waals surface area contributed by atoms with Crippen molar-refractivity contribution in [2.45, 2.75) is 6.54 Å². The summed E-state index contributed by atoms with van der Waals surface area (Å²) in [6, 6.07) is 26.9. The van der Waals surface area contributed by atoms with Crippen LogP contribution in [0.1, 0.15) is 15.9 Å². The standard InChI is InChI=1S/C35H29N3O6/c1-42-25-17-18-27(32(20-25)43-2)34-36-28-10-4-3-9-26(28)35(41)37(34)19-7-8-23-13-15-24(16-14-23)30(39)21-38-29-11-5-6-12-31(29)44-22-33(38)40/h3-18,20H,19,21-22H2,1-2H3/b8-7+. The number of carbonyl (C=O) groups is 2. The second kappa shape index (κ2) is 12.3. The van der Waals surface area contributed by atoms with E-state index in [0.717, 1.165) is 5.56 Å². The summed E-state index contributed by atoms with van der Waals surface area (Å²) in [4.78, 5) is 45.5. The van der Waals surface area contributed by atoms with Gasteiger partial charge in [0.1, 0.15) is 23.1 Å². The minimum atomic E-state index is -0.262. The highest BCUT2D eigenvalue weighted by atomic mass is 16.5.